The monoisotopic (exact) mass is 274 g/mol. The summed E-state index contributed by atoms with van der Waals surface area (Å²) in [7, 11) is 0. The minimum absolute atomic E-state index is 0.280. The number of rotatable bonds is 2. The van der Waals surface area contributed by atoms with Crippen molar-refractivity contribution in [1.29, 1.82) is 0 Å². The van der Waals surface area contributed by atoms with Crippen LogP contribution in [0.4, 0.5) is 13.2 Å². The smallest absolute Gasteiger partial charge is 0.406 e. The Morgan fingerprint density at radius 1 is 1.13 bits per heavy atom. The Kier molecular flexibility index (Phi) is 3.58. The molecule has 0 heterocycles. The highest BCUT2D eigenvalue weighted by Gasteiger charge is 2.31. The van der Waals surface area contributed by atoms with Crippen LogP contribution >= 0.6 is 22.2 Å². The molecule has 0 aliphatic rings. The predicted octanol–water partition coefficient (Wildman–Crippen LogP) is 3.34. The van der Waals surface area contributed by atoms with Crippen LogP contribution in [0.5, 0.6) is 5.75 Å². The third-order valence-corrected chi connectivity index (χ3v) is 4.25. The Hall–Kier alpha value is -0.393. The third-order valence-electron chi connectivity index (χ3n) is 1.59. The summed E-state index contributed by atoms with van der Waals surface area (Å²) in [5, 5.41) is 0.639. The van der Waals surface area contributed by atoms with Crippen LogP contribution in [0.25, 0.3) is 0 Å². The van der Waals surface area contributed by atoms with Crippen LogP contribution in [0.3, 0.4) is 0 Å². The van der Waals surface area contributed by atoms with Crippen molar-refractivity contribution in [2.24, 2.45) is 0 Å². The number of hydrogen-bond donors (Lipinski definition) is 0. The highest BCUT2D eigenvalue weighted by Crippen LogP contribution is 2.22. The first-order chi connectivity index (χ1) is 6.68. The predicted molar refractivity (Wildman–Crippen MR) is 56.1 cm³/mol. The van der Waals surface area contributed by atoms with E-state index in [0.717, 1.165) is 0 Å². The minimum Gasteiger partial charge on any atom is -0.406 e. The SMILES string of the molecule is C[Si](Cl)(Cl)c1ccc(OC(F)(F)F)cc1. The summed E-state index contributed by atoms with van der Waals surface area (Å²) in [5.74, 6) is -0.280. The normalized spacial score (nSPS) is 12.7. The lowest BCUT2D eigenvalue weighted by Gasteiger charge is -2.12. The molecule has 7 heteroatoms. The zero-order valence-corrected chi connectivity index (χ0v) is 10.1. The molecule has 0 spiro atoms. The lowest BCUT2D eigenvalue weighted by molar-refractivity contribution is -0.274. The molecule has 1 aromatic carbocycles. The standard InChI is InChI=1S/C8H7Cl2F3OSi/c1-15(9,10)7-4-2-6(3-5-7)14-8(11,12)13/h2-5H,1H3. The van der Waals surface area contributed by atoms with E-state index in [0.29, 0.717) is 5.19 Å². The maximum Gasteiger partial charge on any atom is 0.573 e. The molecule has 1 aromatic rings. The number of halogens is 5. The van der Waals surface area contributed by atoms with Crippen LogP contribution in [-0.4, -0.2) is 13.1 Å². The summed E-state index contributed by atoms with van der Waals surface area (Å²) in [4.78, 5) is 0. The van der Waals surface area contributed by atoms with Gasteiger partial charge in [0.05, 0.1) is 0 Å². The van der Waals surface area contributed by atoms with E-state index in [1.54, 1.807) is 6.55 Å². The van der Waals surface area contributed by atoms with Gasteiger partial charge in [-0.05, 0) is 23.9 Å². The molecule has 0 unspecified atom stereocenters. The Bertz CT molecular complexity index is 331. The van der Waals surface area contributed by atoms with Gasteiger partial charge in [0.2, 0.25) is 0 Å². The van der Waals surface area contributed by atoms with Gasteiger partial charge in [-0.1, -0.05) is 12.1 Å². The van der Waals surface area contributed by atoms with Crippen LogP contribution in [0, 0.1) is 0 Å². The largest absolute Gasteiger partial charge is 0.573 e. The molecule has 0 aliphatic carbocycles. The molecule has 84 valence electrons. The molecule has 0 bridgehead atoms. The van der Waals surface area contributed by atoms with Crippen molar-refractivity contribution in [2.45, 2.75) is 12.9 Å². The molecule has 0 aromatic heterocycles. The third kappa shape index (κ3) is 4.32. The summed E-state index contributed by atoms with van der Waals surface area (Å²) in [6.45, 7) is -0.845. The van der Waals surface area contributed by atoms with E-state index in [1.807, 2.05) is 0 Å². The zero-order chi connectivity index (χ0) is 11.7. The average molecular weight is 275 g/mol. The van der Waals surface area contributed by atoms with Crippen molar-refractivity contribution in [3.8, 4) is 5.75 Å². The van der Waals surface area contributed by atoms with Crippen LogP contribution in [0.2, 0.25) is 6.55 Å². The molecule has 0 saturated carbocycles. The fourth-order valence-corrected chi connectivity index (χ4v) is 2.46. The Morgan fingerprint density at radius 2 is 1.60 bits per heavy atom. The van der Waals surface area contributed by atoms with E-state index in [2.05, 4.69) is 4.74 Å². The molecule has 1 rings (SSSR count). The van der Waals surface area contributed by atoms with Crippen molar-refractivity contribution in [1.82, 2.24) is 0 Å². The minimum atomic E-state index is -4.68. The van der Waals surface area contributed by atoms with Gasteiger partial charge in [-0.2, -0.15) is 0 Å². The topological polar surface area (TPSA) is 9.23 Å². The fourth-order valence-electron chi connectivity index (χ4n) is 0.949. The second-order valence-corrected chi connectivity index (χ2v) is 10.4. The zero-order valence-electron chi connectivity index (χ0n) is 7.61. The average Bonchev–Trinajstić information content (AvgIpc) is 2.00. The van der Waals surface area contributed by atoms with Gasteiger partial charge >= 0.3 is 6.36 Å². The Morgan fingerprint density at radius 3 is 1.93 bits per heavy atom. The molecule has 1 nitrogen and oxygen atoms in total. The van der Waals surface area contributed by atoms with E-state index in [9.17, 15) is 13.2 Å². The number of alkyl halides is 3. The first-order valence-electron chi connectivity index (χ1n) is 3.92. The van der Waals surface area contributed by atoms with Crippen LogP contribution in [0.15, 0.2) is 24.3 Å². The molecule has 0 aliphatic heterocycles. The second-order valence-electron chi connectivity index (χ2n) is 2.96. The summed E-state index contributed by atoms with van der Waals surface area (Å²) in [6.07, 6.45) is -4.68. The molecule has 0 amide bonds. The van der Waals surface area contributed by atoms with Gasteiger partial charge in [0.15, 0.2) is 0 Å². The van der Waals surface area contributed by atoms with Crippen molar-refractivity contribution < 1.29 is 17.9 Å². The van der Waals surface area contributed by atoms with Crippen LogP contribution in [0.1, 0.15) is 0 Å². The first-order valence-corrected chi connectivity index (χ1v) is 8.45. The van der Waals surface area contributed by atoms with E-state index in [4.69, 9.17) is 22.2 Å². The maximum absolute atomic E-state index is 11.8. The highest BCUT2D eigenvalue weighted by atomic mass is 35.7. The van der Waals surface area contributed by atoms with E-state index >= 15 is 0 Å². The van der Waals surface area contributed by atoms with Gasteiger partial charge in [0, 0.05) is 0 Å². The molecule has 0 fully saturated rings. The van der Waals surface area contributed by atoms with E-state index < -0.39 is 13.1 Å². The number of hydrogen-bond acceptors (Lipinski definition) is 1. The highest BCUT2D eigenvalue weighted by molar-refractivity contribution is 7.50. The van der Waals surface area contributed by atoms with Crippen LogP contribution in [-0.2, 0) is 0 Å². The molecule has 0 saturated heterocycles. The molecule has 0 radical (unpaired) electrons. The van der Waals surface area contributed by atoms with Crippen molar-refractivity contribution in [2.75, 3.05) is 0 Å². The Labute approximate surface area is 95.2 Å². The summed E-state index contributed by atoms with van der Waals surface area (Å²) in [6, 6.07) is 5.26. The second kappa shape index (κ2) is 4.23. The number of benzene rings is 1. The number of ether oxygens (including phenoxy) is 1. The molecule has 0 atom stereocenters. The molecule has 0 N–H and O–H groups in total. The van der Waals surface area contributed by atoms with Crippen molar-refractivity contribution in [3.63, 3.8) is 0 Å². The summed E-state index contributed by atoms with van der Waals surface area (Å²) in [5.41, 5.74) is 0. The van der Waals surface area contributed by atoms with Gasteiger partial charge in [0.25, 0.3) is 6.69 Å². The van der Waals surface area contributed by atoms with Gasteiger partial charge in [-0.3, -0.25) is 0 Å². The van der Waals surface area contributed by atoms with Gasteiger partial charge in [0.1, 0.15) is 5.75 Å². The van der Waals surface area contributed by atoms with Gasteiger partial charge in [-0.25, -0.2) is 0 Å². The first kappa shape index (κ1) is 12.7. The molecular weight excluding hydrogens is 268 g/mol. The Balaban J connectivity index is 2.82. The van der Waals surface area contributed by atoms with E-state index in [-0.39, 0.29) is 5.75 Å². The summed E-state index contributed by atoms with van der Waals surface area (Å²) < 4.78 is 39.1. The van der Waals surface area contributed by atoms with Crippen LogP contribution < -0.4 is 9.92 Å². The van der Waals surface area contributed by atoms with Crippen molar-refractivity contribution in [3.05, 3.63) is 24.3 Å². The molecule has 15 heavy (non-hydrogen) atoms. The van der Waals surface area contributed by atoms with Gasteiger partial charge < -0.3 is 4.74 Å². The van der Waals surface area contributed by atoms with E-state index in [1.165, 1.54) is 24.3 Å². The quantitative estimate of drug-likeness (QED) is 0.594. The lowest BCUT2D eigenvalue weighted by Crippen LogP contribution is -2.32. The molecular formula is C8H7Cl2F3OSi. The maximum atomic E-state index is 11.8. The fraction of sp³-hybridized carbons (Fsp3) is 0.250. The van der Waals surface area contributed by atoms with Gasteiger partial charge in [-0.15, -0.1) is 35.3 Å². The van der Waals surface area contributed by atoms with Crippen molar-refractivity contribution >= 4 is 34.0 Å². The summed E-state index contributed by atoms with van der Waals surface area (Å²) >= 11 is 11.8. The lowest BCUT2D eigenvalue weighted by atomic mass is 10.3.